The summed E-state index contributed by atoms with van der Waals surface area (Å²) in [5, 5.41) is -0.876. The van der Waals surface area contributed by atoms with Gasteiger partial charge in [-0.2, -0.15) is 0 Å². The van der Waals surface area contributed by atoms with Gasteiger partial charge in [0, 0.05) is 22.6 Å². The topological polar surface area (TPSA) is 0 Å². The summed E-state index contributed by atoms with van der Waals surface area (Å²) < 4.78 is -1.13. The van der Waals surface area contributed by atoms with Crippen molar-refractivity contribution in [2.75, 3.05) is 11.8 Å². The summed E-state index contributed by atoms with van der Waals surface area (Å²) in [4.78, 5) is -0.789. The fourth-order valence-electron chi connectivity index (χ4n) is 3.57. The minimum atomic E-state index is -1.13. The van der Waals surface area contributed by atoms with Crippen LogP contribution in [0.25, 0.3) is 0 Å². The molecule has 0 amide bonds. The molecular weight excluding hydrogens is 404 g/mol. The second kappa shape index (κ2) is 5.20. The van der Waals surface area contributed by atoms with Gasteiger partial charge in [-0.3, -0.25) is 0 Å². The lowest BCUT2D eigenvalue weighted by molar-refractivity contribution is 0.149. The molecule has 0 aliphatic heterocycles. The Balaban J connectivity index is 2.68. The van der Waals surface area contributed by atoms with Gasteiger partial charge in [0.2, 0.25) is 0 Å². The van der Waals surface area contributed by atoms with Gasteiger partial charge in [0.05, 0.1) is 10.8 Å². The molecule has 0 heterocycles. The number of hydrogen-bond donors (Lipinski definition) is 0. The van der Waals surface area contributed by atoms with E-state index in [0.29, 0.717) is 6.42 Å². The van der Waals surface area contributed by atoms with Crippen molar-refractivity contribution in [3.05, 3.63) is 0 Å². The average molecular weight is 414 g/mol. The lowest BCUT2D eigenvalue weighted by Crippen LogP contribution is -2.55. The Kier molecular flexibility index (Phi) is 4.82. The maximum atomic E-state index is 6.45. The van der Waals surface area contributed by atoms with Crippen LogP contribution in [0, 0.1) is 16.7 Å². The highest BCUT2D eigenvalue weighted by atomic mass is 35.5. The molecule has 0 aromatic rings. The second-order valence-corrected chi connectivity index (χ2v) is 9.03. The zero-order chi connectivity index (χ0) is 13.9. The van der Waals surface area contributed by atoms with Crippen molar-refractivity contribution in [3.63, 3.8) is 0 Å². The van der Waals surface area contributed by atoms with Crippen LogP contribution in [0.2, 0.25) is 0 Å². The molecule has 2 bridgehead atoms. The van der Waals surface area contributed by atoms with Crippen LogP contribution in [0.3, 0.4) is 0 Å². The third kappa shape index (κ3) is 1.67. The molecular formula is C10H10Cl8. The minimum Gasteiger partial charge on any atom is -0.126 e. The van der Waals surface area contributed by atoms with Gasteiger partial charge in [0.25, 0.3) is 0 Å². The van der Waals surface area contributed by atoms with Crippen LogP contribution in [0.1, 0.15) is 6.42 Å². The first kappa shape index (κ1) is 16.7. The molecule has 2 saturated carbocycles. The highest BCUT2D eigenvalue weighted by Crippen LogP contribution is 2.77. The maximum Gasteiger partial charge on any atom is 0.127 e. The predicted molar refractivity (Wildman–Crippen MR) is 83.6 cm³/mol. The van der Waals surface area contributed by atoms with E-state index in [9.17, 15) is 0 Å². The predicted octanol–water partition coefficient (Wildman–Crippen LogP) is 5.66. The van der Waals surface area contributed by atoms with Gasteiger partial charge in [-0.1, -0.05) is 0 Å². The van der Waals surface area contributed by atoms with Gasteiger partial charge in [-0.25, -0.2) is 0 Å². The van der Waals surface area contributed by atoms with Crippen LogP contribution < -0.4 is 0 Å². The number of alkyl halides is 8. The molecule has 2 rings (SSSR count). The normalized spacial score (nSPS) is 50.2. The van der Waals surface area contributed by atoms with E-state index >= 15 is 0 Å². The summed E-state index contributed by atoms with van der Waals surface area (Å²) in [6.07, 6.45) is 0.433. The van der Waals surface area contributed by atoms with Crippen molar-refractivity contribution >= 4 is 92.8 Å². The van der Waals surface area contributed by atoms with E-state index in [1.807, 2.05) is 0 Å². The number of halogens is 8. The summed E-state index contributed by atoms with van der Waals surface area (Å²) in [5.74, 6) is 0.111. The number of hydrogen-bond acceptors (Lipinski definition) is 0. The first-order valence-electron chi connectivity index (χ1n) is 5.29. The molecule has 0 aromatic carbocycles. The molecule has 0 unspecified atom stereocenters. The van der Waals surface area contributed by atoms with E-state index in [1.165, 1.54) is 0 Å². The number of rotatable bonds is 3. The van der Waals surface area contributed by atoms with Crippen LogP contribution in [0.5, 0.6) is 0 Å². The van der Waals surface area contributed by atoms with Crippen LogP contribution in [0.4, 0.5) is 0 Å². The van der Waals surface area contributed by atoms with E-state index in [-0.39, 0.29) is 23.1 Å². The Bertz CT molecular complexity index is 345. The molecule has 18 heavy (non-hydrogen) atoms. The first-order chi connectivity index (χ1) is 8.23. The SMILES string of the molecule is ClC[C@]1(C(Cl)Cl)[C@@H]2CC(Cl)(Cl)[C@@]1(CCl)[C@H](Cl)[C@H]2Cl. The van der Waals surface area contributed by atoms with E-state index < -0.39 is 25.4 Å². The lowest BCUT2D eigenvalue weighted by atomic mass is 9.69. The molecule has 0 radical (unpaired) electrons. The fraction of sp³-hybridized carbons (Fsp3) is 1.00. The van der Waals surface area contributed by atoms with E-state index in [1.54, 1.807) is 0 Å². The third-order valence-corrected chi connectivity index (χ3v) is 8.53. The van der Waals surface area contributed by atoms with Gasteiger partial charge in [-0.15, -0.1) is 92.8 Å². The van der Waals surface area contributed by atoms with E-state index in [4.69, 9.17) is 92.8 Å². The summed E-state index contributed by atoms with van der Waals surface area (Å²) in [6, 6.07) is 0. The van der Waals surface area contributed by atoms with Crippen molar-refractivity contribution in [3.8, 4) is 0 Å². The highest BCUT2D eigenvalue weighted by Gasteiger charge is 2.81. The molecule has 8 heteroatoms. The van der Waals surface area contributed by atoms with Crippen molar-refractivity contribution in [2.24, 2.45) is 16.7 Å². The lowest BCUT2D eigenvalue weighted by Gasteiger charge is -2.48. The van der Waals surface area contributed by atoms with Crippen molar-refractivity contribution < 1.29 is 0 Å². The zero-order valence-electron chi connectivity index (χ0n) is 8.95. The molecule has 0 spiro atoms. The summed E-state index contributed by atoms with van der Waals surface area (Å²) in [7, 11) is 0. The summed E-state index contributed by atoms with van der Waals surface area (Å²) in [5.41, 5.74) is -1.68. The van der Waals surface area contributed by atoms with Crippen molar-refractivity contribution in [2.45, 2.75) is 26.3 Å². The van der Waals surface area contributed by atoms with Gasteiger partial charge in [-0.05, 0) is 12.3 Å². The highest BCUT2D eigenvalue weighted by molar-refractivity contribution is 6.52. The zero-order valence-corrected chi connectivity index (χ0v) is 15.0. The summed E-state index contributed by atoms with van der Waals surface area (Å²) in [6.45, 7) is 0. The van der Waals surface area contributed by atoms with Gasteiger partial charge >= 0.3 is 0 Å². The molecule has 0 saturated heterocycles. The van der Waals surface area contributed by atoms with E-state index in [2.05, 4.69) is 0 Å². The maximum absolute atomic E-state index is 6.45. The van der Waals surface area contributed by atoms with E-state index in [0.717, 1.165) is 0 Å². The Hall–Kier alpha value is 2.32. The minimum absolute atomic E-state index is 0.108. The number of fused-ring (bicyclic) bond motifs is 2. The molecule has 106 valence electrons. The second-order valence-electron chi connectivity index (χ2n) is 4.94. The molecule has 0 nitrogen and oxygen atoms in total. The fourth-order valence-corrected chi connectivity index (χ4v) is 8.38. The average Bonchev–Trinajstić information content (AvgIpc) is 2.61. The standard InChI is InChI=1S/C10H10Cl8/c11-2-8(7(15)16)4-1-10(17,18)9(8,3-12)6(14)5(4)13/h4-7H,1-3H2/t4-,5+,6-,8-,9+/m1/s1. The molecule has 5 atom stereocenters. The molecule has 2 aliphatic carbocycles. The Morgan fingerprint density at radius 2 is 1.61 bits per heavy atom. The van der Waals surface area contributed by atoms with Crippen LogP contribution in [0.15, 0.2) is 0 Å². The van der Waals surface area contributed by atoms with Crippen LogP contribution >= 0.6 is 92.8 Å². The smallest absolute Gasteiger partial charge is 0.126 e. The monoisotopic (exact) mass is 410 g/mol. The van der Waals surface area contributed by atoms with Crippen molar-refractivity contribution in [1.82, 2.24) is 0 Å². The Morgan fingerprint density at radius 3 is 1.94 bits per heavy atom. The van der Waals surface area contributed by atoms with Gasteiger partial charge in [0.15, 0.2) is 0 Å². The molecule has 0 aromatic heterocycles. The Morgan fingerprint density at radius 1 is 1.06 bits per heavy atom. The van der Waals surface area contributed by atoms with Crippen molar-refractivity contribution in [1.29, 1.82) is 0 Å². The van der Waals surface area contributed by atoms with Crippen LogP contribution in [-0.2, 0) is 0 Å². The van der Waals surface area contributed by atoms with Crippen LogP contribution in [-0.4, -0.2) is 31.7 Å². The molecule has 2 fully saturated rings. The first-order valence-corrected chi connectivity index (χ1v) is 8.86. The van der Waals surface area contributed by atoms with Gasteiger partial charge in [0.1, 0.15) is 9.17 Å². The molecule has 2 aliphatic rings. The quantitative estimate of drug-likeness (QED) is 0.523. The summed E-state index contributed by atoms with van der Waals surface area (Å²) >= 11 is 50.4. The molecule has 0 N–H and O–H groups in total. The third-order valence-electron chi connectivity index (χ3n) is 4.58. The largest absolute Gasteiger partial charge is 0.127 e. The van der Waals surface area contributed by atoms with Gasteiger partial charge < -0.3 is 0 Å². The Labute approximate surface area is 146 Å².